The molecule has 0 amide bonds. The highest BCUT2D eigenvalue weighted by molar-refractivity contribution is 5.73. The Kier molecular flexibility index (Phi) is 10.3. The van der Waals surface area contributed by atoms with Crippen molar-refractivity contribution >= 4 is 5.57 Å². The third-order valence-electron chi connectivity index (χ3n) is 3.83. The molecular formula is C24H35N. The third-order valence-corrected chi connectivity index (χ3v) is 3.83. The van der Waals surface area contributed by atoms with E-state index in [0.717, 1.165) is 17.6 Å². The predicted octanol–water partition coefficient (Wildman–Crippen LogP) is 7.04. The van der Waals surface area contributed by atoms with E-state index in [0.29, 0.717) is 5.70 Å². The summed E-state index contributed by atoms with van der Waals surface area (Å²) >= 11 is 0. The van der Waals surface area contributed by atoms with Gasteiger partial charge >= 0.3 is 0 Å². The first-order chi connectivity index (χ1) is 11.6. The summed E-state index contributed by atoms with van der Waals surface area (Å²) in [6.45, 7) is 24.2. The van der Waals surface area contributed by atoms with Crippen molar-refractivity contribution in [3.05, 3.63) is 89.2 Å². The molecule has 0 bridgehead atoms. The maximum absolute atomic E-state index is 4.92. The van der Waals surface area contributed by atoms with E-state index in [-0.39, 0.29) is 0 Å². The summed E-state index contributed by atoms with van der Waals surface area (Å²) in [5, 5.41) is 0. The lowest BCUT2D eigenvalue weighted by molar-refractivity contribution is 0.893. The summed E-state index contributed by atoms with van der Waals surface area (Å²) in [6, 6.07) is 6.53. The Hall–Kier alpha value is -2.28. The monoisotopic (exact) mass is 337 g/mol. The van der Waals surface area contributed by atoms with Crippen molar-refractivity contribution < 1.29 is 0 Å². The Labute approximate surface area is 155 Å². The Morgan fingerprint density at radius 2 is 1.44 bits per heavy atom. The van der Waals surface area contributed by atoms with E-state index in [4.69, 9.17) is 5.73 Å². The van der Waals surface area contributed by atoms with Crippen LogP contribution in [0.25, 0.3) is 5.57 Å². The molecule has 1 nitrogen and oxygen atoms in total. The van der Waals surface area contributed by atoms with Crippen molar-refractivity contribution in [2.75, 3.05) is 0 Å². The van der Waals surface area contributed by atoms with Gasteiger partial charge in [0.15, 0.2) is 0 Å². The fourth-order valence-corrected chi connectivity index (χ4v) is 2.42. The average molecular weight is 338 g/mol. The van der Waals surface area contributed by atoms with Gasteiger partial charge in [0.1, 0.15) is 0 Å². The van der Waals surface area contributed by atoms with Gasteiger partial charge in [-0.2, -0.15) is 0 Å². The molecule has 1 rings (SSSR count). The van der Waals surface area contributed by atoms with E-state index in [2.05, 4.69) is 84.7 Å². The Morgan fingerprint density at radius 3 is 1.88 bits per heavy atom. The molecule has 0 aromatic heterocycles. The molecule has 0 aliphatic rings. The van der Waals surface area contributed by atoms with Crippen LogP contribution in [0.3, 0.4) is 0 Å². The molecule has 0 saturated carbocycles. The number of hydrogen-bond acceptors (Lipinski definition) is 1. The molecule has 0 fully saturated rings. The molecule has 25 heavy (non-hydrogen) atoms. The van der Waals surface area contributed by atoms with Gasteiger partial charge in [0.05, 0.1) is 0 Å². The summed E-state index contributed by atoms with van der Waals surface area (Å²) in [7, 11) is 0. The van der Waals surface area contributed by atoms with Crippen LogP contribution < -0.4 is 5.73 Å². The summed E-state index contributed by atoms with van der Waals surface area (Å²) in [5.74, 6) is 0. The van der Waals surface area contributed by atoms with Gasteiger partial charge in [0, 0.05) is 0 Å². The number of rotatable bonds is 6. The normalized spacial score (nSPS) is 11.4. The largest absolute Gasteiger partial charge is 0.403 e. The van der Waals surface area contributed by atoms with Crippen LogP contribution in [0.5, 0.6) is 0 Å². The zero-order valence-electron chi connectivity index (χ0n) is 17.0. The minimum Gasteiger partial charge on any atom is -0.403 e. The van der Waals surface area contributed by atoms with E-state index in [1.165, 1.54) is 34.3 Å². The lowest BCUT2D eigenvalue weighted by Crippen LogP contribution is -1.88. The molecule has 2 N–H and O–H groups in total. The van der Waals surface area contributed by atoms with Gasteiger partial charge in [0.25, 0.3) is 0 Å². The molecule has 0 radical (unpaired) electrons. The fraction of sp³-hybridized carbons (Fsp3) is 0.333. The van der Waals surface area contributed by atoms with Crippen molar-refractivity contribution in [3.8, 4) is 0 Å². The highest BCUT2D eigenvalue weighted by atomic mass is 14.5. The average Bonchev–Trinajstić information content (AvgIpc) is 2.50. The number of allylic oxidation sites excluding steroid dienone is 7. The summed E-state index contributed by atoms with van der Waals surface area (Å²) in [5.41, 5.74) is 14.1. The van der Waals surface area contributed by atoms with Crippen LogP contribution in [0.2, 0.25) is 0 Å². The molecule has 0 aliphatic carbocycles. The van der Waals surface area contributed by atoms with E-state index in [9.17, 15) is 0 Å². The molecule has 0 atom stereocenters. The van der Waals surface area contributed by atoms with Crippen LogP contribution in [-0.4, -0.2) is 0 Å². The molecule has 0 spiro atoms. The van der Waals surface area contributed by atoms with E-state index in [1.807, 2.05) is 0 Å². The highest BCUT2D eigenvalue weighted by Gasteiger charge is 2.01. The van der Waals surface area contributed by atoms with Crippen molar-refractivity contribution in [1.29, 1.82) is 0 Å². The highest BCUT2D eigenvalue weighted by Crippen LogP contribution is 2.21. The van der Waals surface area contributed by atoms with Crippen LogP contribution in [-0.2, 0) is 0 Å². The predicted molar refractivity (Wildman–Crippen MR) is 116 cm³/mol. The number of aryl methyl sites for hydroxylation is 2. The molecule has 1 heteroatoms. The van der Waals surface area contributed by atoms with Crippen molar-refractivity contribution in [2.24, 2.45) is 5.73 Å². The van der Waals surface area contributed by atoms with Gasteiger partial charge in [-0.3, -0.25) is 0 Å². The van der Waals surface area contributed by atoms with Crippen LogP contribution in [0.1, 0.15) is 57.2 Å². The zero-order valence-corrected chi connectivity index (χ0v) is 17.0. The van der Waals surface area contributed by atoms with E-state index in [1.54, 1.807) is 6.92 Å². The molecule has 0 heterocycles. The second kappa shape index (κ2) is 11.3. The summed E-state index contributed by atoms with van der Waals surface area (Å²) in [4.78, 5) is 0. The summed E-state index contributed by atoms with van der Waals surface area (Å²) in [6.07, 6.45) is 6.46. The van der Waals surface area contributed by atoms with Crippen LogP contribution >= 0.6 is 0 Å². The first-order valence-electron chi connectivity index (χ1n) is 8.80. The molecule has 1 aromatic rings. The second-order valence-electron chi connectivity index (χ2n) is 6.76. The first-order valence-corrected chi connectivity index (χ1v) is 8.80. The zero-order chi connectivity index (χ0) is 19.6. The number of nitrogens with two attached hydrogens (primary N) is 1. The Bertz CT molecular complexity index is 660. The van der Waals surface area contributed by atoms with E-state index >= 15 is 0 Å². The summed E-state index contributed by atoms with van der Waals surface area (Å²) < 4.78 is 0. The molecule has 0 aliphatic heterocycles. The fourth-order valence-electron chi connectivity index (χ4n) is 2.42. The molecule has 0 unspecified atom stereocenters. The topological polar surface area (TPSA) is 26.0 Å². The Balaban J connectivity index is 0.00000129. The number of hydrogen-bond donors (Lipinski definition) is 1. The number of benzene rings is 1. The quantitative estimate of drug-likeness (QED) is 0.553. The lowest BCUT2D eigenvalue weighted by atomic mass is 9.98. The molecule has 136 valence electrons. The van der Waals surface area contributed by atoms with Gasteiger partial charge < -0.3 is 5.73 Å². The Morgan fingerprint density at radius 1 is 0.960 bits per heavy atom. The van der Waals surface area contributed by atoms with Crippen molar-refractivity contribution in [1.82, 2.24) is 0 Å². The van der Waals surface area contributed by atoms with Gasteiger partial charge in [-0.25, -0.2) is 0 Å². The molecular weight excluding hydrogens is 302 g/mol. The standard InChI is InChI=1S/C21H28.C3H7N/c1-8-9-17(4)20(7)18(5)10-11-19(6)21-13-15(2)12-16(3)14-21;1-3(2)4/h10-14H,5-6,8-9H2,1-4,7H3;1,4H2,2H3/b11-10-,20-17+;. The van der Waals surface area contributed by atoms with Crippen molar-refractivity contribution in [2.45, 2.75) is 54.4 Å². The minimum atomic E-state index is 0.667. The maximum Gasteiger partial charge on any atom is -0.00242 e. The maximum atomic E-state index is 4.92. The van der Waals surface area contributed by atoms with Gasteiger partial charge in [-0.05, 0) is 69.0 Å². The van der Waals surface area contributed by atoms with Crippen molar-refractivity contribution in [3.63, 3.8) is 0 Å². The van der Waals surface area contributed by atoms with Gasteiger partial charge in [-0.15, -0.1) is 0 Å². The second-order valence-corrected chi connectivity index (χ2v) is 6.76. The molecule has 0 saturated heterocycles. The smallest absolute Gasteiger partial charge is 0.00242 e. The van der Waals surface area contributed by atoms with Gasteiger partial charge in [-0.1, -0.05) is 80.1 Å². The molecule has 1 aromatic carbocycles. The third kappa shape index (κ3) is 9.56. The SMILES string of the molecule is C=C(/C=C\C(=C)c1cc(C)cc(C)c1)/C(C)=C(\C)CCC.C=C(C)N. The lowest BCUT2D eigenvalue weighted by Gasteiger charge is -2.08. The van der Waals surface area contributed by atoms with Crippen LogP contribution in [0.4, 0.5) is 0 Å². The van der Waals surface area contributed by atoms with Crippen LogP contribution in [0.15, 0.2) is 72.5 Å². The van der Waals surface area contributed by atoms with E-state index < -0.39 is 0 Å². The van der Waals surface area contributed by atoms with Gasteiger partial charge in [0.2, 0.25) is 0 Å². The minimum absolute atomic E-state index is 0.667. The first kappa shape index (κ1) is 22.7. The van der Waals surface area contributed by atoms with Crippen LogP contribution in [0, 0.1) is 13.8 Å².